The van der Waals surface area contributed by atoms with Crippen molar-refractivity contribution in [3.05, 3.63) is 58.1 Å². The fraction of sp³-hybridized carbons (Fsp3) is 0.294. The molecule has 0 amide bonds. The largest absolute Gasteiger partial charge is 0.496 e. The highest BCUT2D eigenvalue weighted by Gasteiger charge is 2.04. The molecule has 3 nitrogen and oxygen atoms in total. The van der Waals surface area contributed by atoms with Gasteiger partial charge in [0.1, 0.15) is 18.1 Å². The Bertz CT molecular complexity index is 584. The molecule has 0 radical (unpaired) electrons. The highest BCUT2D eigenvalue weighted by molar-refractivity contribution is 9.10. The van der Waals surface area contributed by atoms with Gasteiger partial charge in [-0.05, 0) is 65.3 Å². The number of hydrogen-bond donors (Lipinski definition) is 1. The van der Waals surface area contributed by atoms with Gasteiger partial charge in [0.05, 0.1) is 11.6 Å². The summed E-state index contributed by atoms with van der Waals surface area (Å²) in [5, 5.41) is 3.22. The van der Waals surface area contributed by atoms with E-state index in [0.29, 0.717) is 12.6 Å². The first-order chi connectivity index (χ1) is 10.1. The molecule has 2 aromatic rings. The van der Waals surface area contributed by atoms with Crippen molar-refractivity contribution < 1.29 is 9.47 Å². The Morgan fingerprint density at radius 3 is 2.43 bits per heavy atom. The van der Waals surface area contributed by atoms with Gasteiger partial charge in [0.15, 0.2) is 0 Å². The van der Waals surface area contributed by atoms with Crippen LogP contribution < -0.4 is 14.8 Å². The topological polar surface area (TPSA) is 30.5 Å². The van der Waals surface area contributed by atoms with Crippen LogP contribution in [-0.4, -0.2) is 14.2 Å². The van der Waals surface area contributed by atoms with Crippen LogP contribution in [0.2, 0.25) is 0 Å². The molecular weight excluding hydrogens is 330 g/mol. The van der Waals surface area contributed by atoms with E-state index in [-0.39, 0.29) is 0 Å². The van der Waals surface area contributed by atoms with Crippen LogP contribution in [0.15, 0.2) is 46.9 Å². The van der Waals surface area contributed by atoms with E-state index in [2.05, 4.69) is 40.3 Å². The van der Waals surface area contributed by atoms with E-state index in [4.69, 9.17) is 9.47 Å². The van der Waals surface area contributed by atoms with E-state index in [9.17, 15) is 0 Å². The molecule has 0 heterocycles. The highest BCUT2D eigenvalue weighted by atomic mass is 79.9. The molecule has 21 heavy (non-hydrogen) atoms. The van der Waals surface area contributed by atoms with Crippen molar-refractivity contribution in [1.82, 2.24) is 5.32 Å². The van der Waals surface area contributed by atoms with Crippen LogP contribution in [0.5, 0.6) is 11.5 Å². The number of nitrogens with one attached hydrogen (secondary N) is 1. The smallest absolute Gasteiger partial charge is 0.133 e. The summed E-state index contributed by atoms with van der Waals surface area (Å²) >= 11 is 3.48. The lowest BCUT2D eigenvalue weighted by Gasteiger charge is -2.12. The molecule has 0 saturated carbocycles. The Morgan fingerprint density at radius 2 is 1.86 bits per heavy atom. The average molecular weight is 350 g/mol. The first-order valence-corrected chi connectivity index (χ1v) is 7.65. The molecule has 4 heteroatoms. The Balaban J connectivity index is 1.98. The molecule has 0 fully saturated rings. The summed E-state index contributed by atoms with van der Waals surface area (Å²) in [6.45, 7) is 2.66. The van der Waals surface area contributed by atoms with Crippen LogP contribution in [0.1, 0.15) is 24.1 Å². The highest BCUT2D eigenvalue weighted by Crippen LogP contribution is 2.26. The van der Waals surface area contributed by atoms with Crippen LogP contribution in [0.25, 0.3) is 0 Å². The molecule has 0 aliphatic rings. The Morgan fingerprint density at radius 1 is 1.14 bits per heavy atom. The first-order valence-electron chi connectivity index (χ1n) is 6.86. The van der Waals surface area contributed by atoms with Crippen molar-refractivity contribution in [3.8, 4) is 11.5 Å². The van der Waals surface area contributed by atoms with Gasteiger partial charge >= 0.3 is 0 Å². The fourth-order valence-corrected chi connectivity index (χ4v) is 2.57. The van der Waals surface area contributed by atoms with E-state index >= 15 is 0 Å². The predicted octanol–water partition coefficient (Wildman–Crippen LogP) is 4.32. The third-order valence-electron chi connectivity index (χ3n) is 3.43. The lowest BCUT2D eigenvalue weighted by atomic mass is 10.1. The minimum Gasteiger partial charge on any atom is -0.496 e. The zero-order chi connectivity index (χ0) is 15.2. The van der Waals surface area contributed by atoms with Gasteiger partial charge < -0.3 is 14.8 Å². The lowest BCUT2D eigenvalue weighted by molar-refractivity contribution is 0.305. The minimum atomic E-state index is 0.344. The summed E-state index contributed by atoms with van der Waals surface area (Å²) in [5.74, 6) is 1.69. The maximum atomic E-state index is 5.81. The summed E-state index contributed by atoms with van der Waals surface area (Å²) in [6.07, 6.45) is 0. The van der Waals surface area contributed by atoms with Crippen molar-refractivity contribution in [2.24, 2.45) is 0 Å². The van der Waals surface area contributed by atoms with Crippen LogP contribution >= 0.6 is 15.9 Å². The summed E-state index contributed by atoms with van der Waals surface area (Å²) in [4.78, 5) is 0. The monoisotopic (exact) mass is 349 g/mol. The van der Waals surface area contributed by atoms with Crippen LogP contribution in [0.3, 0.4) is 0 Å². The molecule has 1 N–H and O–H groups in total. The molecule has 2 aromatic carbocycles. The van der Waals surface area contributed by atoms with Gasteiger partial charge in [-0.2, -0.15) is 0 Å². The maximum absolute atomic E-state index is 5.81. The number of benzene rings is 2. The quantitative estimate of drug-likeness (QED) is 0.842. The molecule has 0 aliphatic heterocycles. The summed E-state index contributed by atoms with van der Waals surface area (Å²) in [6, 6.07) is 14.5. The number of methoxy groups -OCH3 is 1. The molecule has 1 atom stereocenters. The molecule has 2 rings (SSSR count). The fourth-order valence-electron chi connectivity index (χ4n) is 1.99. The average Bonchev–Trinajstić information content (AvgIpc) is 2.52. The van der Waals surface area contributed by atoms with Crippen molar-refractivity contribution in [1.29, 1.82) is 0 Å². The normalized spacial score (nSPS) is 12.0. The summed E-state index contributed by atoms with van der Waals surface area (Å²) in [7, 11) is 3.61. The molecule has 112 valence electrons. The number of ether oxygens (including phenoxy) is 2. The maximum Gasteiger partial charge on any atom is 0.133 e. The summed E-state index contributed by atoms with van der Waals surface area (Å²) in [5.41, 5.74) is 2.34. The molecule has 0 bridgehead atoms. The van der Waals surface area contributed by atoms with Gasteiger partial charge in [0.25, 0.3) is 0 Å². The molecular formula is C17H20BrNO2. The lowest BCUT2D eigenvalue weighted by Crippen LogP contribution is -2.11. The molecule has 0 aliphatic carbocycles. The second-order valence-electron chi connectivity index (χ2n) is 4.84. The van der Waals surface area contributed by atoms with Gasteiger partial charge in [0.2, 0.25) is 0 Å². The van der Waals surface area contributed by atoms with E-state index in [1.165, 1.54) is 5.56 Å². The number of rotatable bonds is 6. The third kappa shape index (κ3) is 4.22. The van der Waals surface area contributed by atoms with E-state index in [1.807, 2.05) is 37.4 Å². The Kier molecular flexibility index (Phi) is 5.65. The Labute approximate surface area is 134 Å². The molecule has 0 spiro atoms. The van der Waals surface area contributed by atoms with Crippen molar-refractivity contribution in [2.45, 2.75) is 19.6 Å². The van der Waals surface area contributed by atoms with Crippen molar-refractivity contribution in [2.75, 3.05) is 14.2 Å². The predicted molar refractivity (Wildman–Crippen MR) is 88.9 cm³/mol. The van der Waals surface area contributed by atoms with Crippen LogP contribution in [0, 0.1) is 0 Å². The van der Waals surface area contributed by atoms with Crippen LogP contribution in [0.4, 0.5) is 0 Å². The second-order valence-corrected chi connectivity index (χ2v) is 5.69. The molecule has 1 unspecified atom stereocenters. The SMILES string of the molecule is CNC(C)c1ccc(OCc2ccc(OC)c(Br)c2)cc1. The minimum absolute atomic E-state index is 0.344. The summed E-state index contributed by atoms with van der Waals surface area (Å²) < 4.78 is 12.0. The van der Waals surface area contributed by atoms with Gasteiger partial charge in [-0.3, -0.25) is 0 Å². The van der Waals surface area contributed by atoms with Crippen LogP contribution in [-0.2, 0) is 6.61 Å². The van der Waals surface area contributed by atoms with Crippen molar-refractivity contribution in [3.63, 3.8) is 0 Å². The number of hydrogen-bond acceptors (Lipinski definition) is 3. The third-order valence-corrected chi connectivity index (χ3v) is 4.05. The zero-order valence-electron chi connectivity index (χ0n) is 12.5. The first kappa shape index (κ1) is 15.9. The van der Waals surface area contributed by atoms with Gasteiger partial charge in [-0.1, -0.05) is 18.2 Å². The van der Waals surface area contributed by atoms with Crippen molar-refractivity contribution >= 4 is 15.9 Å². The van der Waals surface area contributed by atoms with Gasteiger partial charge in [0, 0.05) is 6.04 Å². The van der Waals surface area contributed by atoms with E-state index < -0.39 is 0 Å². The Hall–Kier alpha value is -1.52. The van der Waals surface area contributed by atoms with E-state index in [0.717, 1.165) is 21.5 Å². The van der Waals surface area contributed by atoms with Gasteiger partial charge in [-0.25, -0.2) is 0 Å². The zero-order valence-corrected chi connectivity index (χ0v) is 14.1. The number of halogens is 1. The second kappa shape index (κ2) is 7.48. The molecule has 0 aromatic heterocycles. The van der Waals surface area contributed by atoms with E-state index in [1.54, 1.807) is 7.11 Å². The standard InChI is InChI=1S/C17H20BrNO2/c1-12(19-2)14-5-7-15(8-6-14)21-11-13-4-9-17(20-3)16(18)10-13/h4-10,12,19H,11H2,1-3H3. The van der Waals surface area contributed by atoms with Gasteiger partial charge in [-0.15, -0.1) is 0 Å². The molecule has 0 saturated heterocycles.